The van der Waals surface area contributed by atoms with Gasteiger partial charge in [-0.1, -0.05) is 24.3 Å². The molecule has 2 N–H and O–H groups in total. The van der Waals surface area contributed by atoms with Crippen LogP contribution in [-0.4, -0.2) is 73.7 Å². The number of aryl methyl sites for hydroxylation is 2. The number of likely N-dealkylation sites (tertiary alicyclic amines) is 2. The van der Waals surface area contributed by atoms with Crippen LogP contribution in [0, 0.1) is 5.92 Å². The molecule has 5 nitrogen and oxygen atoms in total. The van der Waals surface area contributed by atoms with Gasteiger partial charge in [-0.2, -0.15) is 0 Å². The molecular weight excluding hydrogens is 406 g/mol. The third-order valence-corrected chi connectivity index (χ3v) is 8.21. The Kier molecular flexibility index (Phi) is 7.29. The van der Waals surface area contributed by atoms with Crippen molar-refractivity contribution in [2.45, 2.75) is 57.0 Å². The zero-order valence-electron chi connectivity index (χ0n) is 20.5. The lowest BCUT2D eigenvalue weighted by Gasteiger charge is -2.33. The third kappa shape index (κ3) is 5.11. The van der Waals surface area contributed by atoms with E-state index in [1.165, 1.54) is 74.3 Å². The Morgan fingerprint density at radius 2 is 2.12 bits per heavy atom. The Hall–Kier alpha value is -1.95. The van der Waals surface area contributed by atoms with E-state index < -0.39 is 0 Å². The molecular formula is C28H41N5. The van der Waals surface area contributed by atoms with Gasteiger partial charge in [0, 0.05) is 55.9 Å². The predicted molar refractivity (Wildman–Crippen MR) is 136 cm³/mol. The van der Waals surface area contributed by atoms with Gasteiger partial charge in [-0.05, 0) is 94.3 Å². The maximum absolute atomic E-state index is 4.32. The number of hydrogen-bond acceptors (Lipinski definition) is 5. The number of nitrogens with zero attached hydrogens (tertiary/aromatic N) is 3. The Balaban J connectivity index is 0.000000190. The number of likely N-dealkylation sites (N-methyl/N-ethyl adjacent to an activating group) is 2. The van der Waals surface area contributed by atoms with Crippen molar-refractivity contribution in [1.29, 1.82) is 0 Å². The molecule has 4 heterocycles. The van der Waals surface area contributed by atoms with Gasteiger partial charge in [-0.25, -0.2) is 0 Å². The minimum absolute atomic E-state index is 0.554. The van der Waals surface area contributed by atoms with E-state index in [1.807, 2.05) is 19.3 Å². The zero-order chi connectivity index (χ0) is 22.6. The van der Waals surface area contributed by atoms with E-state index in [-0.39, 0.29) is 0 Å². The van der Waals surface area contributed by atoms with Crippen LogP contribution in [-0.2, 0) is 12.8 Å². The lowest BCUT2D eigenvalue weighted by molar-refractivity contribution is 0.284. The molecule has 0 aromatic carbocycles. The van der Waals surface area contributed by atoms with Gasteiger partial charge in [0.1, 0.15) is 0 Å². The van der Waals surface area contributed by atoms with E-state index in [4.69, 9.17) is 0 Å². The van der Waals surface area contributed by atoms with E-state index in [1.54, 1.807) is 5.57 Å². The minimum atomic E-state index is 0.554. The molecule has 6 rings (SSSR count). The lowest BCUT2D eigenvalue weighted by atomic mass is 9.93. The topological polar surface area (TPSA) is 43.4 Å². The maximum Gasteiger partial charge on any atom is 0.0435 e. The van der Waals surface area contributed by atoms with Crippen LogP contribution in [0.1, 0.15) is 43.4 Å². The van der Waals surface area contributed by atoms with E-state index in [9.17, 15) is 0 Å². The summed E-state index contributed by atoms with van der Waals surface area (Å²) >= 11 is 0. The van der Waals surface area contributed by atoms with Crippen molar-refractivity contribution in [1.82, 2.24) is 25.4 Å². The molecule has 3 atom stereocenters. The summed E-state index contributed by atoms with van der Waals surface area (Å²) in [4.78, 5) is 9.58. The van der Waals surface area contributed by atoms with E-state index in [2.05, 4.69) is 56.8 Å². The first-order chi connectivity index (χ1) is 16.2. The summed E-state index contributed by atoms with van der Waals surface area (Å²) < 4.78 is 0. The minimum Gasteiger partial charge on any atom is -0.370 e. The summed E-state index contributed by atoms with van der Waals surface area (Å²) in [5, 5.41) is 7.01. The molecule has 1 aromatic heterocycles. The molecule has 178 valence electrons. The van der Waals surface area contributed by atoms with Gasteiger partial charge in [0.2, 0.25) is 0 Å². The molecule has 3 unspecified atom stereocenters. The van der Waals surface area contributed by atoms with Crippen LogP contribution in [0.5, 0.6) is 0 Å². The highest BCUT2D eigenvalue weighted by Gasteiger charge is 2.41. The fourth-order valence-electron chi connectivity index (χ4n) is 6.36. The Morgan fingerprint density at radius 1 is 1.21 bits per heavy atom. The lowest BCUT2D eigenvalue weighted by Crippen LogP contribution is -2.43. The van der Waals surface area contributed by atoms with Crippen molar-refractivity contribution in [3.63, 3.8) is 0 Å². The van der Waals surface area contributed by atoms with Gasteiger partial charge in [-0.3, -0.25) is 4.98 Å². The summed E-state index contributed by atoms with van der Waals surface area (Å²) in [6, 6.07) is 5.55. The number of allylic oxidation sites excluding steroid dienone is 3. The van der Waals surface area contributed by atoms with Crippen molar-refractivity contribution in [2.24, 2.45) is 5.92 Å². The van der Waals surface area contributed by atoms with Crippen LogP contribution < -0.4 is 10.6 Å². The Bertz CT molecular complexity index is 892. The van der Waals surface area contributed by atoms with Gasteiger partial charge >= 0.3 is 0 Å². The van der Waals surface area contributed by atoms with Crippen molar-refractivity contribution in [3.05, 3.63) is 64.7 Å². The molecule has 0 amide bonds. The SMILES string of the molecule is CNCC1CC2=C(C=CCC=C2N2CC3CCN(C)C3C2)CN1.c1cnc2c(c1)CCCC2. The van der Waals surface area contributed by atoms with Gasteiger partial charge in [-0.15, -0.1) is 0 Å². The quantitative estimate of drug-likeness (QED) is 0.744. The first-order valence-electron chi connectivity index (χ1n) is 13.1. The molecule has 5 aliphatic rings. The van der Waals surface area contributed by atoms with Gasteiger partial charge < -0.3 is 20.4 Å². The van der Waals surface area contributed by atoms with E-state index in [0.29, 0.717) is 6.04 Å². The molecule has 3 aliphatic heterocycles. The average molecular weight is 448 g/mol. The van der Waals surface area contributed by atoms with Crippen LogP contribution in [0.3, 0.4) is 0 Å². The maximum atomic E-state index is 4.32. The van der Waals surface area contributed by atoms with Gasteiger partial charge in [0.15, 0.2) is 0 Å². The molecule has 2 fully saturated rings. The summed E-state index contributed by atoms with van der Waals surface area (Å²) in [6.07, 6.45) is 17.7. The van der Waals surface area contributed by atoms with Crippen molar-refractivity contribution >= 4 is 0 Å². The molecule has 0 radical (unpaired) electrons. The number of aromatic nitrogens is 1. The smallest absolute Gasteiger partial charge is 0.0435 e. The summed E-state index contributed by atoms with van der Waals surface area (Å²) in [7, 11) is 4.35. The summed E-state index contributed by atoms with van der Waals surface area (Å²) in [5.74, 6) is 0.871. The van der Waals surface area contributed by atoms with Crippen molar-refractivity contribution in [3.8, 4) is 0 Å². The van der Waals surface area contributed by atoms with Gasteiger partial charge in [0.05, 0.1) is 0 Å². The predicted octanol–water partition coefficient (Wildman–Crippen LogP) is 3.30. The molecule has 2 aliphatic carbocycles. The summed E-state index contributed by atoms with van der Waals surface area (Å²) in [5.41, 5.74) is 7.43. The van der Waals surface area contributed by atoms with Crippen LogP contribution in [0.4, 0.5) is 0 Å². The molecule has 1 aromatic rings. The monoisotopic (exact) mass is 447 g/mol. The second kappa shape index (κ2) is 10.5. The zero-order valence-corrected chi connectivity index (χ0v) is 20.5. The normalized spacial score (nSPS) is 29.0. The molecule has 0 saturated carbocycles. The number of pyridine rings is 1. The van der Waals surface area contributed by atoms with Gasteiger partial charge in [0.25, 0.3) is 0 Å². The molecule has 0 spiro atoms. The van der Waals surface area contributed by atoms with Crippen molar-refractivity contribution in [2.75, 3.05) is 46.8 Å². The van der Waals surface area contributed by atoms with Crippen molar-refractivity contribution < 1.29 is 0 Å². The highest BCUT2D eigenvalue weighted by atomic mass is 15.3. The number of fused-ring (bicyclic) bond motifs is 2. The number of nitrogens with one attached hydrogen (secondary N) is 2. The fraction of sp³-hybridized carbons (Fsp3) is 0.607. The first-order valence-corrected chi connectivity index (χ1v) is 13.1. The summed E-state index contributed by atoms with van der Waals surface area (Å²) in [6.45, 7) is 5.80. The largest absolute Gasteiger partial charge is 0.370 e. The van der Waals surface area contributed by atoms with Crippen LogP contribution in [0.25, 0.3) is 0 Å². The van der Waals surface area contributed by atoms with E-state index in [0.717, 1.165) is 37.9 Å². The highest BCUT2D eigenvalue weighted by Crippen LogP contribution is 2.37. The number of hydrogen-bond donors (Lipinski definition) is 2. The fourth-order valence-corrected chi connectivity index (χ4v) is 6.36. The molecule has 0 bridgehead atoms. The third-order valence-electron chi connectivity index (χ3n) is 8.21. The Morgan fingerprint density at radius 3 is 2.97 bits per heavy atom. The van der Waals surface area contributed by atoms with Crippen LogP contribution in [0.15, 0.2) is 53.4 Å². The first kappa shape index (κ1) is 22.8. The van der Waals surface area contributed by atoms with Crippen LogP contribution >= 0.6 is 0 Å². The molecule has 2 saturated heterocycles. The standard InChI is InChI=1S/C19H30N4.C9H11N/c1-20-11-16-9-17-14(10-21-16)5-3-4-6-18(17)23-12-15-7-8-22(2)19(15)13-23;1-2-6-9-8(4-1)5-3-7-10-9/h3,5-6,15-16,19-21H,4,7-13H2,1-2H3;3,5,7H,1-2,4,6H2. The molecule has 33 heavy (non-hydrogen) atoms. The van der Waals surface area contributed by atoms with Crippen LogP contribution in [0.2, 0.25) is 0 Å². The Labute approximate surface area is 200 Å². The van der Waals surface area contributed by atoms with E-state index >= 15 is 0 Å². The second-order valence-electron chi connectivity index (χ2n) is 10.4. The second-order valence-corrected chi connectivity index (χ2v) is 10.4. The highest BCUT2D eigenvalue weighted by molar-refractivity contribution is 5.45. The average Bonchev–Trinajstić information content (AvgIpc) is 3.35. The molecule has 5 heteroatoms. The number of rotatable bonds is 3.